The van der Waals surface area contributed by atoms with E-state index < -0.39 is 11.9 Å². The van der Waals surface area contributed by atoms with Gasteiger partial charge in [0.1, 0.15) is 11.3 Å². The van der Waals surface area contributed by atoms with Gasteiger partial charge in [-0.1, -0.05) is 34.1 Å². The molecule has 0 bridgehead atoms. The Morgan fingerprint density at radius 1 is 1.03 bits per heavy atom. The molecule has 0 spiro atoms. The summed E-state index contributed by atoms with van der Waals surface area (Å²) < 4.78 is 12.1. The number of rotatable bonds is 5. The molecular formula is C27H21BrN2O5. The average Bonchev–Trinajstić information content (AvgIpc) is 3.13. The number of nitrogens with zero attached hydrogens (tertiary/aromatic N) is 1. The van der Waals surface area contributed by atoms with Crippen molar-refractivity contribution in [1.29, 1.82) is 0 Å². The van der Waals surface area contributed by atoms with Crippen molar-refractivity contribution in [3.05, 3.63) is 103 Å². The van der Waals surface area contributed by atoms with Crippen LogP contribution in [0.4, 0.5) is 5.69 Å². The number of hydrogen-bond acceptors (Lipinski definition) is 5. The average molecular weight is 533 g/mol. The number of fused-ring (bicyclic) bond motifs is 2. The van der Waals surface area contributed by atoms with Gasteiger partial charge >= 0.3 is 0 Å². The second kappa shape index (κ2) is 8.70. The van der Waals surface area contributed by atoms with Crippen LogP contribution in [0.5, 0.6) is 5.75 Å². The Morgan fingerprint density at radius 2 is 1.77 bits per heavy atom. The van der Waals surface area contributed by atoms with Gasteiger partial charge in [-0.2, -0.15) is 0 Å². The van der Waals surface area contributed by atoms with Crippen LogP contribution in [0.2, 0.25) is 0 Å². The normalized spacial score (nSPS) is 14.9. The van der Waals surface area contributed by atoms with Gasteiger partial charge < -0.3 is 14.9 Å². The predicted octanol–water partition coefficient (Wildman–Crippen LogP) is 4.79. The lowest BCUT2D eigenvalue weighted by Gasteiger charge is -2.26. The monoisotopic (exact) mass is 532 g/mol. The van der Waals surface area contributed by atoms with Gasteiger partial charge in [-0.3, -0.25) is 19.3 Å². The van der Waals surface area contributed by atoms with Crippen LogP contribution < -0.4 is 20.8 Å². The van der Waals surface area contributed by atoms with E-state index in [0.717, 1.165) is 15.6 Å². The van der Waals surface area contributed by atoms with Crippen LogP contribution in [0.25, 0.3) is 11.0 Å². The van der Waals surface area contributed by atoms with E-state index in [0.29, 0.717) is 28.0 Å². The fourth-order valence-corrected chi connectivity index (χ4v) is 4.66. The van der Waals surface area contributed by atoms with Crippen molar-refractivity contribution >= 4 is 44.4 Å². The van der Waals surface area contributed by atoms with Crippen molar-refractivity contribution in [2.75, 3.05) is 11.5 Å². The van der Waals surface area contributed by atoms with Crippen LogP contribution in [0, 0.1) is 13.8 Å². The summed E-state index contributed by atoms with van der Waals surface area (Å²) in [5, 5.41) is 0.388. The molecule has 0 saturated heterocycles. The summed E-state index contributed by atoms with van der Waals surface area (Å²) in [5.74, 6) is -0.489. The lowest BCUT2D eigenvalue weighted by Crippen LogP contribution is -2.29. The minimum absolute atomic E-state index is 0.0297. The van der Waals surface area contributed by atoms with Crippen molar-refractivity contribution in [3.8, 4) is 5.75 Å². The number of anilines is 1. The Kier molecular flexibility index (Phi) is 5.68. The van der Waals surface area contributed by atoms with E-state index in [9.17, 15) is 14.4 Å². The number of nitrogens with two attached hydrogens (primary N) is 1. The minimum atomic E-state index is -0.704. The molecule has 1 aromatic heterocycles. The number of primary amides is 1. The predicted molar refractivity (Wildman–Crippen MR) is 136 cm³/mol. The highest BCUT2D eigenvalue weighted by molar-refractivity contribution is 9.10. The summed E-state index contributed by atoms with van der Waals surface area (Å²) in [4.78, 5) is 40.0. The van der Waals surface area contributed by atoms with E-state index in [-0.39, 0.29) is 29.3 Å². The number of aryl methyl sites for hydroxylation is 2. The van der Waals surface area contributed by atoms with E-state index in [2.05, 4.69) is 15.9 Å². The highest BCUT2D eigenvalue weighted by atomic mass is 79.9. The van der Waals surface area contributed by atoms with Crippen LogP contribution in [-0.4, -0.2) is 18.4 Å². The van der Waals surface area contributed by atoms with Gasteiger partial charge in [0.2, 0.25) is 5.76 Å². The van der Waals surface area contributed by atoms with E-state index >= 15 is 0 Å². The van der Waals surface area contributed by atoms with Crippen LogP contribution in [0.3, 0.4) is 0 Å². The van der Waals surface area contributed by atoms with E-state index in [1.54, 1.807) is 47.4 Å². The molecule has 3 aromatic carbocycles. The molecule has 0 saturated carbocycles. The number of carbonyl (C=O) groups is 2. The molecule has 1 aliphatic rings. The van der Waals surface area contributed by atoms with Crippen molar-refractivity contribution in [3.63, 3.8) is 0 Å². The molecule has 2 heterocycles. The van der Waals surface area contributed by atoms with Crippen molar-refractivity contribution in [1.82, 2.24) is 0 Å². The number of carbonyl (C=O) groups excluding carboxylic acids is 2. The van der Waals surface area contributed by atoms with Gasteiger partial charge in [-0.05, 0) is 73.0 Å². The molecule has 4 aromatic rings. The van der Waals surface area contributed by atoms with Crippen molar-refractivity contribution in [2.45, 2.75) is 19.9 Å². The lowest BCUT2D eigenvalue weighted by atomic mass is 9.98. The fourth-order valence-electron chi connectivity index (χ4n) is 4.30. The summed E-state index contributed by atoms with van der Waals surface area (Å²) in [6.45, 7) is 3.72. The molecule has 2 amide bonds. The molecule has 1 aliphatic heterocycles. The van der Waals surface area contributed by atoms with Crippen LogP contribution in [0.15, 0.2) is 74.3 Å². The zero-order chi connectivity index (χ0) is 24.9. The minimum Gasteiger partial charge on any atom is -0.484 e. The third-order valence-corrected chi connectivity index (χ3v) is 6.67. The first-order valence-corrected chi connectivity index (χ1v) is 11.7. The highest BCUT2D eigenvalue weighted by Gasteiger charge is 2.43. The smallest absolute Gasteiger partial charge is 0.295 e. The molecule has 1 atom stereocenters. The number of amides is 2. The largest absolute Gasteiger partial charge is 0.484 e. The summed E-state index contributed by atoms with van der Waals surface area (Å²) in [6, 6.07) is 17.1. The van der Waals surface area contributed by atoms with E-state index in [4.69, 9.17) is 14.9 Å². The maximum Gasteiger partial charge on any atom is 0.295 e. The SMILES string of the molecule is Cc1ccc(N2C(=O)c3oc4ccc(Br)cc4c(=O)c3C2c2ccc(OCC(N)=O)cc2)cc1C. The second-order valence-electron chi connectivity index (χ2n) is 8.48. The first-order chi connectivity index (χ1) is 16.7. The molecular weight excluding hydrogens is 512 g/mol. The van der Waals surface area contributed by atoms with Crippen LogP contribution in [0.1, 0.15) is 38.9 Å². The molecule has 2 N–H and O–H groups in total. The first-order valence-electron chi connectivity index (χ1n) is 10.9. The molecule has 1 unspecified atom stereocenters. The molecule has 8 heteroatoms. The molecule has 0 aliphatic carbocycles. The maximum atomic E-state index is 13.7. The quantitative estimate of drug-likeness (QED) is 0.398. The molecule has 176 valence electrons. The van der Waals surface area contributed by atoms with Gasteiger partial charge in [0.05, 0.1) is 17.0 Å². The van der Waals surface area contributed by atoms with Crippen molar-refractivity contribution < 1.29 is 18.7 Å². The highest BCUT2D eigenvalue weighted by Crippen LogP contribution is 2.42. The van der Waals surface area contributed by atoms with Gasteiger partial charge in [0, 0.05) is 10.2 Å². The van der Waals surface area contributed by atoms with Crippen LogP contribution >= 0.6 is 15.9 Å². The zero-order valence-electron chi connectivity index (χ0n) is 19.0. The summed E-state index contributed by atoms with van der Waals surface area (Å²) >= 11 is 3.41. The third kappa shape index (κ3) is 4.00. The standard InChI is InChI=1S/C27H21BrN2O5/c1-14-3-7-18(11-15(14)2)30-24(16-4-8-19(9-5-16)34-13-22(29)31)23-25(32)20-12-17(28)6-10-21(20)35-26(23)27(30)33/h3-12,24H,13H2,1-2H3,(H2,29,31). The molecule has 35 heavy (non-hydrogen) atoms. The number of halogens is 1. The lowest BCUT2D eigenvalue weighted by molar-refractivity contribution is -0.119. The molecule has 0 radical (unpaired) electrons. The van der Waals surface area contributed by atoms with Crippen molar-refractivity contribution in [2.24, 2.45) is 5.73 Å². The Bertz CT molecular complexity index is 1560. The van der Waals surface area contributed by atoms with Gasteiger partial charge in [-0.25, -0.2) is 0 Å². The number of benzene rings is 3. The number of hydrogen-bond donors (Lipinski definition) is 1. The molecule has 7 nitrogen and oxygen atoms in total. The topological polar surface area (TPSA) is 103 Å². The van der Waals surface area contributed by atoms with Gasteiger partial charge in [0.25, 0.3) is 11.8 Å². The summed E-state index contributed by atoms with van der Waals surface area (Å²) in [5.41, 5.74) is 9.00. The Labute approximate surface area is 209 Å². The fraction of sp³-hybridized carbons (Fsp3) is 0.148. The van der Waals surface area contributed by atoms with Crippen LogP contribution in [-0.2, 0) is 4.79 Å². The number of ether oxygens (including phenoxy) is 1. The van der Waals surface area contributed by atoms with E-state index in [1.807, 2.05) is 32.0 Å². The zero-order valence-corrected chi connectivity index (χ0v) is 20.6. The second-order valence-corrected chi connectivity index (χ2v) is 9.40. The Hall–Kier alpha value is -3.91. The Balaban J connectivity index is 1.71. The summed E-state index contributed by atoms with van der Waals surface area (Å²) in [6.07, 6.45) is 0. The first kappa shape index (κ1) is 22.9. The van der Waals surface area contributed by atoms with E-state index in [1.165, 1.54) is 0 Å². The molecule has 5 rings (SSSR count). The Morgan fingerprint density at radius 3 is 2.46 bits per heavy atom. The van der Waals surface area contributed by atoms with Gasteiger partial charge in [0.15, 0.2) is 12.0 Å². The summed E-state index contributed by atoms with van der Waals surface area (Å²) in [7, 11) is 0. The molecule has 0 fully saturated rings. The third-order valence-electron chi connectivity index (χ3n) is 6.18. The van der Waals surface area contributed by atoms with Gasteiger partial charge in [-0.15, -0.1) is 0 Å². The maximum absolute atomic E-state index is 13.7.